The van der Waals surface area contributed by atoms with Crippen LogP contribution in [-0.2, 0) is 14.9 Å². The summed E-state index contributed by atoms with van der Waals surface area (Å²) in [5.74, 6) is 5.72. The Balaban J connectivity index is 1.30. The van der Waals surface area contributed by atoms with Crippen LogP contribution in [0.15, 0.2) is 63.6 Å². The molecule has 0 radical (unpaired) electrons. The number of furan rings is 1. The fourth-order valence-electron chi connectivity index (χ4n) is 4.54. The van der Waals surface area contributed by atoms with E-state index in [0.29, 0.717) is 56.0 Å². The van der Waals surface area contributed by atoms with Crippen molar-refractivity contribution >= 4 is 27.5 Å². The lowest BCUT2D eigenvalue weighted by molar-refractivity contribution is -0.182. The molecule has 174 valence electrons. The van der Waals surface area contributed by atoms with Gasteiger partial charge in [-0.15, -0.1) is 0 Å². The highest BCUT2D eigenvalue weighted by molar-refractivity contribution is 9.10. The van der Waals surface area contributed by atoms with Gasteiger partial charge in [0, 0.05) is 22.9 Å². The van der Waals surface area contributed by atoms with E-state index in [0.717, 1.165) is 15.0 Å². The summed E-state index contributed by atoms with van der Waals surface area (Å²) in [4.78, 5) is 17.4. The van der Waals surface area contributed by atoms with Gasteiger partial charge in [-0.2, -0.15) is 5.26 Å². The smallest absolute Gasteiger partial charge is 0.308 e. The first-order valence-corrected chi connectivity index (χ1v) is 11.8. The molecule has 3 aromatic rings. The highest BCUT2D eigenvalue weighted by Gasteiger charge is 2.48. The van der Waals surface area contributed by atoms with Crippen LogP contribution in [0.1, 0.15) is 41.9 Å². The number of hydrogen-bond acceptors (Lipinski definition) is 7. The van der Waals surface area contributed by atoms with Crippen molar-refractivity contribution in [1.29, 1.82) is 5.26 Å². The molecule has 1 aliphatic heterocycles. The van der Waals surface area contributed by atoms with E-state index in [4.69, 9.17) is 19.7 Å². The summed E-state index contributed by atoms with van der Waals surface area (Å²) >= 11 is 3.40. The molecule has 1 aliphatic carbocycles. The first-order chi connectivity index (χ1) is 16.4. The van der Waals surface area contributed by atoms with Crippen molar-refractivity contribution in [2.45, 2.75) is 36.9 Å². The molecular weight excluding hydrogens is 500 g/mol. The number of hydrazine groups is 1. The average Bonchev–Trinajstić information content (AvgIpc) is 3.55. The van der Waals surface area contributed by atoms with Gasteiger partial charge in [0.25, 0.3) is 0 Å². The second kappa shape index (κ2) is 8.96. The van der Waals surface area contributed by atoms with Crippen LogP contribution in [0.4, 0.5) is 5.69 Å². The zero-order chi connectivity index (χ0) is 23.8. The fraction of sp³-hybridized carbons (Fsp3) is 0.320. The maximum absolute atomic E-state index is 12.9. The lowest BCUT2D eigenvalue weighted by Crippen LogP contribution is -2.42. The third-order valence-electron chi connectivity index (χ3n) is 6.57. The van der Waals surface area contributed by atoms with Crippen molar-refractivity contribution in [2.24, 2.45) is 5.84 Å². The molecule has 3 heterocycles. The summed E-state index contributed by atoms with van der Waals surface area (Å²) in [6.07, 6.45) is 3.98. The Morgan fingerprint density at radius 3 is 2.35 bits per heavy atom. The summed E-state index contributed by atoms with van der Waals surface area (Å²) in [7, 11) is 0. The number of carbonyl (C=O) groups excluding carboxylic acids is 1. The first-order valence-electron chi connectivity index (χ1n) is 11.0. The van der Waals surface area contributed by atoms with Gasteiger partial charge in [0.05, 0.1) is 42.3 Å². The number of nitrogens with two attached hydrogens (primary N) is 1. The number of aromatic nitrogens is 1. The lowest BCUT2D eigenvalue weighted by atomic mass is 9.70. The summed E-state index contributed by atoms with van der Waals surface area (Å²) in [5, 5.41) is 11.0. The summed E-state index contributed by atoms with van der Waals surface area (Å²) < 4.78 is 18.3. The fourth-order valence-corrected chi connectivity index (χ4v) is 4.80. The van der Waals surface area contributed by atoms with Crippen molar-refractivity contribution in [3.05, 3.63) is 70.7 Å². The minimum Gasteiger partial charge on any atom is -0.451 e. The van der Waals surface area contributed by atoms with Crippen molar-refractivity contribution in [3.63, 3.8) is 0 Å². The van der Waals surface area contributed by atoms with Crippen LogP contribution in [0.5, 0.6) is 0 Å². The molecule has 1 amide bonds. The highest BCUT2D eigenvalue weighted by atomic mass is 79.9. The van der Waals surface area contributed by atoms with Crippen LogP contribution in [0, 0.1) is 11.3 Å². The number of hydrogen-bond donors (Lipinski definition) is 1. The monoisotopic (exact) mass is 522 g/mol. The number of rotatable bonds is 4. The number of nitrogens with zero attached hydrogens (tertiary/aromatic N) is 3. The summed E-state index contributed by atoms with van der Waals surface area (Å²) in [6, 6.07) is 16.8. The van der Waals surface area contributed by atoms with Gasteiger partial charge in [0.15, 0.2) is 11.5 Å². The zero-order valence-electron chi connectivity index (χ0n) is 18.4. The van der Waals surface area contributed by atoms with E-state index in [1.54, 1.807) is 24.3 Å². The van der Waals surface area contributed by atoms with Gasteiger partial charge in [-0.05, 0) is 49.2 Å². The van der Waals surface area contributed by atoms with E-state index in [9.17, 15) is 10.1 Å². The molecule has 0 atom stereocenters. The standard InChI is InChI=1S/C25H23BrN4O4/c26-18-3-1-17(2-4-18)20-6-7-21(34-20)23(31)30(28)19-5-8-22(29-15-19)24(16-27)9-11-25(12-10-24)32-13-14-33-25/h1-8,15H,9-14,28H2. The van der Waals surface area contributed by atoms with Gasteiger partial charge in [-0.3, -0.25) is 9.78 Å². The molecule has 8 nitrogen and oxygen atoms in total. The van der Waals surface area contributed by atoms with Gasteiger partial charge in [-0.1, -0.05) is 28.1 Å². The molecule has 1 spiro atoms. The molecule has 2 fully saturated rings. The minimum absolute atomic E-state index is 0.118. The number of ether oxygens (including phenoxy) is 2. The normalized spacial score (nSPS) is 18.5. The van der Waals surface area contributed by atoms with Crippen molar-refractivity contribution in [2.75, 3.05) is 18.2 Å². The number of halogens is 1. The van der Waals surface area contributed by atoms with Crippen LogP contribution in [0.3, 0.4) is 0 Å². The third-order valence-corrected chi connectivity index (χ3v) is 7.10. The highest BCUT2D eigenvalue weighted by Crippen LogP contribution is 2.45. The number of benzene rings is 1. The molecule has 1 saturated carbocycles. The molecule has 0 unspecified atom stereocenters. The van der Waals surface area contributed by atoms with Crippen LogP contribution < -0.4 is 10.9 Å². The third kappa shape index (κ3) is 4.14. The number of pyridine rings is 1. The van der Waals surface area contributed by atoms with Crippen LogP contribution in [0.25, 0.3) is 11.3 Å². The molecule has 2 aliphatic rings. The van der Waals surface area contributed by atoms with Gasteiger partial charge >= 0.3 is 5.91 Å². The second-order valence-electron chi connectivity index (χ2n) is 8.55. The largest absolute Gasteiger partial charge is 0.451 e. The van der Waals surface area contributed by atoms with Gasteiger partial charge in [-0.25, -0.2) is 10.9 Å². The minimum atomic E-state index is -0.719. The SMILES string of the molecule is N#CC1(c2ccc(N(N)C(=O)c3ccc(-c4ccc(Br)cc4)o3)cn2)CCC2(CC1)OCCO2. The molecule has 34 heavy (non-hydrogen) atoms. The van der Waals surface area contributed by atoms with E-state index in [-0.39, 0.29) is 5.76 Å². The molecular formula is C25H23BrN4O4. The van der Waals surface area contributed by atoms with E-state index in [2.05, 4.69) is 27.0 Å². The number of anilines is 1. The molecule has 9 heteroatoms. The maximum atomic E-state index is 12.9. The molecule has 5 rings (SSSR count). The Bertz CT molecular complexity index is 1220. The number of carbonyl (C=O) groups is 1. The van der Waals surface area contributed by atoms with Crippen molar-refractivity contribution in [3.8, 4) is 17.4 Å². The molecule has 1 saturated heterocycles. The van der Waals surface area contributed by atoms with E-state index in [1.165, 1.54) is 6.20 Å². The lowest BCUT2D eigenvalue weighted by Gasteiger charge is -2.39. The van der Waals surface area contributed by atoms with Gasteiger partial charge in [0.1, 0.15) is 5.76 Å². The Labute approximate surface area is 205 Å². The number of nitriles is 1. The van der Waals surface area contributed by atoms with E-state index in [1.807, 2.05) is 24.3 Å². The second-order valence-corrected chi connectivity index (χ2v) is 9.46. The predicted molar refractivity (Wildman–Crippen MR) is 127 cm³/mol. The number of amides is 1. The van der Waals surface area contributed by atoms with Crippen LogP contribution in [0.2, 0.25) is 0 Å². The Morgan fingerprint density at radius 1 is 1.03 bits per heavy atom. The molecule has 1 aromatic carbocycles. The van der Waals surface area contributed by atoms with Gasteiger partial charge in [0.2, 0.25) is 0 Å². The summed E-state index contributed by atoms with van der Waals surface area (Å²) in [5.41, 5.74) is 1.19. The van der Waals surface area contributed by atoms with Crippen molar-refractivity contribution < 1.29 is 18.7 Å². The summed E-state index contributed by atoms with van der Waals surface area (Å²) in [6.45, 7) is 1.18. The maximum Gasteiger partial charge on any atom is 0.308 e. The quantitative estimate of drug-likeness (QED) is 0.299. The predicted octanol–water partition coefficient (Wildman–Crippen LogP) is 4.70. The molecule has 2 N–H and O–H groups in total. The topological polar surface area (TPSA) is 115 Å². The molecule has 2 aromatic heterocycles. The zero-order valence-corrected chi connectivity index (χ0v) is 20.0. The Morgan fingerprint density at radius 2 is 1.74 bits per heavy atom. The first kappa shape index (κ1) is 22.7. The average molecular weight is 523 g/mol. The van der Waals surface area contributed by atoms with Crippen LogP contribution >= 0.6 is 15.9 Å². The Kier molecular flexibility index (Phi) is 6.00. The van der Waals surface area contributed by atoms with E-state index >= 15 is 0 Å². The molecule has 0 bridgehead atoms. The van der Waals surface area contributed by atoms with E-state index < -0.39 is 17.1 Å². The van der Waals surface area contributed by atoms with Gasteiger partial charge < -0.3 is 13.9 Å². The van der Waals surface area contributed by atoms with Crippen LogP contribution in [-0.4, -0.2) is 29.9 Å². The van der Waals surface area contributed by atoms with Crippen molar-refractivity contribution in [1.82, 2.24) is 4.98 Å². The Hall–Kier alpha value is -3.03.